The van der Waals surface area contributed by atoms with Crippen LogP contribution in [0, 0.1) is 6.92 Å². The van der Waals surface area contributed by atoms with E-state index >= 15 is 0 Å². The van der Waals surface area contributed by atoms with Crippen LogP contribution in [0.1, 0.15) is 35.0 Å². The van der Waals surface area contributed by atoms with Crippen molar-refractivity contribution in [3.8, 4) is 11.3 Å². The Kier molecular flexibility index (Phi) is 5.17. The third-order valence-electron chi connectivity index (χ3n) is 6.12. The molecule has 0 radical (unpaired) electrons. The van der Waals surface area contributed by atoms with Gasteiger partial charge in [0.25, 0.3) is 5.91 Å². The summed E-state index contributed by atoms with van der Waals surface area (Å²) >= 11 is 0. The molecule has 5 rings (SSSR count). The molecule has 0 aliphatic carbocycles. The smallest absolute Gasteiger partial charge is 0.256 e. The molecule has 166 valence electrons. The van der Waals surface area contributed by atoms with Crippen LogP contribution in [0.3, 0.4) is 0 Å². The first kappa shape index (κ1) is 20.9. The minimum absolute atomic E-state index is 0.0346. The standard InChI is InChI=1S/C26H25N5O2/c1-16-24-21(15-22(18-8-5-4-6-9-18)28-25(24)30(3)29-16)26(33)27-20-11-12-23-19(14-20)10-7-13-31(23)17(2)32/h4-6,8-9,11-12,14-15H,7,10,13H2,1-3H3,(H,27,33). The molecule has 0 spiro atoms. The Bertz CT molecular complexity index is 1390. The fraction of sp³-hybridized carbons (Fsp3) is 0.231. The number of benzene rings is 2. The maximum atomic E-state index is 13.5. The van der Waals surface area contributed by atoms with Gasteiger partial charge in [-0.3, -0.25) is 14.3 Å². The zero-order valence-electron chi connectivity index (χ0n) is 18.9. The molecule has 0 bridgehead atoms. The Labute approximate surface area is 192 Å². The van der Waals surface area contributed by atoms with E-state index in [9.17, 15) is 9.59 Å². The number of aromatic nitrogens is 3. The molecular formula is C26H25N5O2. The monoisotopic (exact) mass is 439 g/mol. The van der Waals surface area contributed by atoms with E-state index in [4.69, 9.17) is 4.98 Å². The van der Waals surface area contributed by atoms with E-state index in [1.807, 2.05) is 68.6 Å². The van der Waals surface area contributed by atoms with Crippen LogP contribution >= 0.6 is 0 Å². The van der Waals surface area contributed by atoms with Crippen LogP contribution < -0.4 is 10.2 Å². The quantitative estimate of drug-likeness (QED) is 0.510. The molecule has 2 aromatic heterocycles. The number of nitrogens with zero attached hydrogens (tertiary/aromatic N) is 4. The Morgan fingerprint density at radius 3 is 2.61 bits per heavy atom. The third kappa shape index (κ3) is 3.75. The zero-order chi connectivity index (χ0) is 23.1. The molecule has 4 aromatic rings. The molecule has 1 aliphatic rings. The first-order valence-electron chi connectivity index (χ1n) is 11.0. The Hall–Kier alpha value is -4.00. The minimum Gasteiger partial charge on any atom is -0.322 e. The highest BCUT2D eigenvalue weighted by Gasteiger charge is 2.22. The zero-order valence-corrected chi connectivity index (χ0v) is 18.9. The predicted octanol–water partition coefficient (Wildman–Crippen LogP) is 4.50. The van der Waals surface area contributed by atoms with Gasteiger partial charge < -0.3 is 10.2 Å². The highest BCUT2D eigenvalue weighted by molar-refractivity contribution is 6.13. The average Bonchev–Trinajstić information content (AvgIpc) is 3.11. The number of amides is 2. The number of aryl methyl sites for hydroxylation is 3. The van der Waals surface area contributed by atoms with Crippen molar-refractivity contribution in [2.24, 2.45) is 7.05 Å². The second-order valence-corrected chi connectivity index (χ2v) is 8.40. The second-order valence-electron chi connectivity index (χ2n) is 8.40. The molecule has 3 heterocycles. The van der Waals surface area contributed by atoms with Crippen molar-refractivity contribution in [2.45, 2.75) is 26.7 Å². The molecule has 0 saturated heterocycles. The lowest BCUT2D eigenvalue weighted by Crippen LogP contribution is -2.33. The van der Waals surface area contributed by atoms with Crippen LogP contribution in [-0.4, -0.2) is 33.1 Å². The molecule has 0 atom stereocenters. The van der Waals surface area contributed by atoms with Gasteiger partial charge in [0.05, 0.1) is 22.3 Å². The first-order chi connectivity index (χ1) is 15.9. The fourth-order valence-electron chi connectivity index (χ4n) is 4.58. The molecule has 7 heteroatoms. The maximum Gasteiger partial charge on any atom is 0.256 e. The molecule has 0 fully saturated rings. The number of carbonyl (C=O) groups is 2. The van der Waals surface area contributed by atoms with Gasteiger partial charge in [-0.15, -0.1) is 0 Å². The van der Waals surface area contributed by atoms with Gasteiger partial charge in [-0.1, -0.05) is 30.3 Å². The van der Waals surface area contributed by atoms with Gasteiger partial charge in [0.15, 0.2) is 5.65 Å². The van der Waals surface area contributed by atoms with E-state index in [0.717, 1.165) is 53.0 Å². The topological polar surface area (TPSA) is 80.1 Å². The van der Waals surface area contributed by atoms with E-state index in [-0.39, 0.29) is 11.8 Å². The normalized spacial score (nSPS) is 13.1. The summed E-state index contributed by atoms with van der Waals surface area (Å²) in [6.45, 7) is 4.20. The number of carbonyl (C=O) groups excluding carboxylic acids is 2. The van der Waals surface area contributed by atoms with Gasteiger partial charge in [-0.05, 0) is 49.6 Å². The van der Waals surface area contributed by atoms with Gasteiger partial charge in [-0.25, -0.2) is 4.98 Å². The van der Waals surface area contributed by atoms with Gasteiger partial charge >= 0.3 is 0 Å². The average molecular weight is 440 g/mol. The largest absolute Gasteiger partial charge is 0.322 e. The van der Waals surface area contributed by atoms with E-state index in [1.54, 1.807) is 16.5 Å². The second kappa shape index (κ2) is 8.16. The van der Waals surface area contributed by atoms with Gasteiger partial charge in [0.2, 0.25) is 5.91 Å². The summed E-state index contributed by atoms with van der Waals surface area (Å²) in [5.74, 6) is -0.178. The minimum atomic E-state index is -0.213. The number of fused-ring (bicyclic) bond motifs is 2. The van der Waals surface area contributed by atoms with Crippen molar-refractivity contribution in [3.05, 3.63) is 71.4 Å². The lowest BCUT2D eigenvalue weighted by molar-refractivity contribution is -0.116. The Morgan fingerprint density at radius 1 is 1.06 bits per heavy atom. The van der Waals surface area contributed by atoms with Crippen molar-refractivity contribution in [3.63, 3.8) is 0 Å². The molecule has 2 aromatic carbocycles. The van der Waals surface area contributed by atoms with E-state index in [0.29, 0.717) is 16.9 Å². The summed E-state index contributed by atoms with van der Waals surface area (Å²) in [5.41, 5.74) is 6.31. The Balaban J connectivity index is 1.54. The van der Waals surface area contributed by atoms with Crippen LogP contribution in [0.5, 0.6) is 0 Å². The van der Waals surface area contributed by atoms with E-state index < -0.39 is 0 Å². The van der Waals surface area contributed by atoms with Gasteiger partial charge in [-0.2, -0.15) is 5.10 Å². The summed E-state index contributed by atoms with van der Waals surface area (Å²) in [7, 11) is 1.84. The van der Waals surface area contributed by atoms with Gasteiger partial charge in [0, 0.05) is 37.5 Å². The molecule has 0 unspecified atom stereocenters. The SMILES string of the molecule is CC(=O)N1CCCc2cc(NC(=O)c3cc(-c4ccccc4)nc4c3c(C)nn4C)ccc21. The van der Waals surface area contributed by atoms with Crippen molar-refractivity contribution in [2.75, 3.05) is 16.8 Å². The van der Waals surface area contributed by atoms with Gasteiger partial charge in [0.1, 0.15) is 0 Å². The molecule has 33 heavy (non-hydrogen) atoms. The summed E-state index contributed by atoms with van der Waals surface area (Å²) in [6, 6.07) is 17.4. The number of anilines is 2. The summed E-state index contributed by atoms with van der Waals surface area (Å²) in [4.78, 5) is 32.0. The van der Waals surface area contributed by atoms with Crippen molar-refractivity contribution >= 4 is 34.2 Å². The Morgan fingerprint density at radius 2 is 1.85 bits per heavy atom. The number of nitrogens with one attached hydrogen (secondary N) is 1. The molecule has 7 nitrogen and oxygen atoms in total. The van der Waals surface area contributed by atoms with Crippen LogP contribution in [0.15, 0.2) is 54.6 Å². The van der Waals surface area contributed by atoms with Crippen molar-refractivity contribution in [1.29, 1.82) is 0 Å². The van der Waals surface area contributed by atoms with Crippen molar-refractivity contribution in [1.82, 2.24) is 14.8 Å². The number of hydrogen-bond acceptors (Lipinski definition) is 4. The fourth-order valence-corrected chi connectivity index (χ4v) is 4.58. The lowest BCUT2D eigenvalue weighted by atomic mass is 10.0. The third-order valence-corrected chi connectivity index (χ3v) is 6.12. The lowest BCUT2D eigenvalue weighted by Gasteiger charge is -2.29. The molecular weight excluding hydrogens is 414 g/mol. The van der Waals surface area contributed by atoms with Crippen LogP contribution in [0.25, 0.3) is 22.3 Å². The molecule has 1 N–H and O–H groups in total. The summed E-state index contributed by atoms with van der Waals surface area (Å²) in [5, 5.41) is 8.29. The number of rotatable bonds is 3. The highest BCUT2D eigenvalue weighted by Crippen LogP contribution is 2.31. The van der Waals surface area contributed by atoms with Crippen LogP contribution in [0.4, 0.5) is 11.4 Å². The maximum absolute atomic E-state index is 13.5. The van der Waals surface area contributed by atoms with E-state index in [2.05, 4.69) is 10.4 Å². The van der Waals surface area contributed by atoms with Crippen LogP contribution in [0.2, 0.25) is 0 Å². The molecule has 2 amide bonds. The van der Waals surface area contributed by atoms with Crippen molar-refractivity contribution < 1.29 is 9.59 Å². The van der Waals surface area contributed by atoms with Crippen LogP contribution in [-0.2, 0) is 18.3 Å². The summed E-state index contributed by atoms with van der Waals surface area (Å²) in [6.07, 6.45) is 1.78. The molecule has 0 saturated carbocycles. The first-order valence-corrected chi connectivity index (χ1v) is 11.0. The number of hydrogen-bond donors (Lipinski definition) is 1. The van der Waals surface area contributed by atoms with E-state index in [1.165, 1.54) is 0 Å². The number of pyridine rings is 1. The molecule has 1 aliphatic heterocycles. The summed E-state index contributed by atoms with van der Waals surface area (Å²) < 4.78 is 1.71. The predicted molar refractivity (Wildman–Crippen MR) is 129 cm³/mol. The highest BCUT2D eigenvalue weighted by atomic mass is 16.2.